The number of urea groups is 1. The number of amides is 2. The molecule has 0 bridgehead atoms. The van der Waals surface area contributed by atoms with E-state index >= 15 is 0 Å². The number of carbonyl (C=O) groups excluding carboxylic acids is 1. The average Bonchev–Trinajstić information content (AvgIpc) is 2.98. The van der Waals surface area contributed by atoms with E-state index in [-0.39, 0.29) is 24.0 Å². The SMILES string of the molecule is CC[C@@H]1COCCN1C(=O)N[C@@H](C)[C@@H]1COc2ccccc21. The van der Waals surface area contributed by atoms with Crippen LogP contribution in [0.25, 0.3) is 0 Å². The standard InChI is InChI=1S/C17H24N2O3/c1-3-13-10-21-9-8-19(13)17(20)18-12(2)15-11-22-16-7-5-4-6-14(15)16/h4-7,12-13,15H,3,8-11H2,1-2H3,(H,18,20)/t12-,13+,15-/m0/s1. The maximum absolute atomic E-state index is 12.6. The van der Waals surface area contributed by atoms with Crippen LogP contribution in [0.2, 0.25) is 0 Å². The van der Waals surface area contributed by atoms with Gasteiger partial charge in [0.25, 0.3) is 0 Å². The molecule has 0 spiro atoms. The highest BCUT2D eigenvalue weighted by Gasteiger charge is 2.32. The van der Waals surface area contributed by atoms with Gasteiger partial charge in [0.1, 0.15) is 5.75 Å². The van der Waals surface area contributed by atoms with Gasteiger partial charge in [-0.05, 0) is 19.4 Å². The molecular formula is C17H24N2O3. The molecule has 0 radical (unpaired) electrons. The van der Waals surface area contributed by atoms with Crippen molar-refractivity contribution in [3.05, 3.63) is 29.8 Å². The van der Waals surface area contributed by atoms with Crippen molar-refractivity contribution in [2.24, 2.45) is 0 Å². The fraction of sp³-hybridized carbons (Fsp3) is 0.588. The number of morpholine rings is 1. The molecule has 2 heterocycles. The molecule has 1 saturated heterocycles. The maximum Gasteiger partial charge on any atom is 0.318 e. The number of benzene rings is 1. The first-order chi connectivity index (χ1) is 10.7. The zero-order chi connectivity index (χ0) is 15.5. The van der Waals surface area contributed by atoms with Gasteiger partial charge >= 0.3 is 6.03 Å². The summed E-state index contributed by atoms with van der Waals surface area (Å²) in [6.07, 6.45) is 0.914. The van der Waals surface area contributed by atoms with Crippen molar-refractivity contribution in [2.45, 2.75) is 38.3 Å². The number of carbonyl (C=O) groups is 1. The molecule has 0 aliphatic carbocycles. The van der Waals surface area contributed by atoms with Gasteiger partial charge in [-0.3, -0.25) is 0 Å². The number of hydrogen-bond donors (Lipinski definition) is 1. The lowest BCUT2D eigenvalue weighted by molar-refractivity contribution is 0.0106. The third-order valence-corrected chi connectivity index (χ3v) is 4.65. The van der Waals surface area contributed by atoms with Crippen molar-refractivity contribution in [1.82, 2.24) is 10.2 Å². The lowest BCUT2D eigenvalue weighted by atomic mass is 9.94. The summed E-state index contributed by atoms with van der Waals surface area (Å²) in [6, 6.07) is 8.28. The van der Waals surface area contributed by atoms with Crippen molar-refractivity contribution >= 4 is 6.03 Å². The molecule has 5 heteroatoms. The fourth-order valence-electron chi connectivity index (χ4n) is 3.24. The number of nitrogens with zero attached hydrogens (tertiary/aromatic N) is 1. The van der Waals surface area contributed by atoms with Crippen LogP contribution in [0.1, 0.15) is 31.7 Å². The van der Waals surface area contributed by atoms with Gasteiger partial charge in [-0.2, -0.15) is 0 Å². The Kier molecular flexibility index (Phi) is 4.52. The van der Waals surface area contributed by atoms with E-state index in [4.69, 9.17) is 9.47 Å². The van der Waals surface area contributed by atoms with Crippen molar-refractivity contribution < 1.29 is 14.3 Å². The van der Waals surface area contributed by atoms with E-state index < -0.39 is 0 Å². The van der Waals surface area contributed by atoms with Crippen molar-refractivity contribution in [3.8, 4) is 5.75 Å². The smallest absolute Gasteiger partial charge is 0.318 e. The van der Waals surface area contributed by atoms with E-state index in [1.54, 1.807) is 0 Å². The van der Waals surface area contributed by atoms with Crippen LogP contribution in [-0.2, 0) is 4.74 Å². The van der Waals surface area contributed by atoms with E-state index in [0.717, 1.165) is 12.2 Å². The summed E-state index contributed by atoms with van der Waals surface area (Å²) >= 11 is 0. The molecule has 1 N–H and O–H groups in total. The fourth-order valence-corrected chi connectivity index (χ4v) is 3.24. The molecule has 1 aromatic rings. The molecule has 2 aliphatic heterocycles. The highest BCUT2D eigenvalue weighted by Crippen LogP contribution is 2.35. The van der Waals surface area contributed by atoms with Gasteiger partial charge in [-0.1, -0.05) is 25.1 Å². The van der Waals surface area contributed by atoms with Crippen LogP contribution in [0, 0.1) is 0 Å². The summed E-state index contributed by atoms with van der Waals surface area (Å²) in [5.41, 5.74) is 1.18. The zero-order valence-electron chi connectivity index (χ0n) is 13.2. The molecule has 5 nitrogen and oxygen atoms in total. The molecule has 22 heavy (non-hydrogen) atoms. The number of fused-ring (bicyclic) bond motifs is 1. The molecule has 0 unspecified atom stereocenters. The Labute approximate surface area is 131 Å². The van der Waals surface area contributed by atoms with E-state index in [0.29, 0.717) is 26.4 Å². The van der Waals surface area contributed by atoms with Gasteiger partial charge in [0.2, 0.25) is 0 Å². The second-order valence-electron chi connectivity index (χ2n) is 6.02. The van der Waals surface area contributed by atoms with Crippen molar-refractivity contribution in [1.29, 1.82) is 0 Å². The van der Waals surface area contributed by atoms with E-state index in [1.165, 1.54) is 5.56 Å². The molecule has 1 fully saturated rings. The van der Waals surface area contributed by atoms with Gasteiger partial charge in [0.05, 0.1) is 25.9 Å². The van der Waals surface area contributed by atoms with Gasteiger partial charge < -0.3 is 19.7 Å². The molecule has 2 amide bonds. The maximum atomic E-state index is 12.6. The number of hydrogen-bond acceptors (Lipinski definition) is 3. The third-order valence-electron chi connectivity index (χ3n) is 4.65. The van der Waals surface area contributed by atoms with Crippen LogP contribution in [0.4, 0.5) is 4.79 Å². The summed E-state index contributed by atoms with van der Waals surface area (Å²) < 4.78 is 11.2. The van der Waals surface area contributed by atoms with Crippen LogP contribution in [-0.4, -0.2) is 49.4 Å². The first-order valence-corrected chi connectivity index (χ1v) is 8.07. The Bertz CT molecular complexity index is 534. The van der Waals surface area contributed by atoms with E-state index in [9.17, 15) is 4.79 Å². The van der Waals surface area contributed by atoms with Gasteiger partial charge in [0.15, 0.2) is 0 Å². The summed E-state index contributed by atoms with van der Waals surface area (Å²) in [7, 11) is 0. The minimum absolute atomic E-state index is 0.00651. The van der Waals surface area contributed by atoms with E-state index in [2.05, 4.69) is 25.2 Å². The van der Waals surface area contributed by atoms with Crippen molar-refractivity contribution in [2.75, 3.05) is 26.4 Å². The van der Waals surface area contributed by atoms with E-state index in [1.807, 2.05) is 23.1 Å². The topological polar surface area (TPSA) is 50.8 Å². The zero-order valence-corrected chi connectivity index (χ0v) is 13.2. The van der Waals surface area contributed by atoms with Crippen LogP contribution >= 0.6 is 0 Å². The molecule has 0 aromatic heterocycles. The highest BCUT2D eigenvalue weighted by molar-refractivity contribution is 5.75. The largest absolute Gasteiger partial charge is 0.493 e. The number of nitrogens with one attached hydrogen (secondary N) is 1. The minimum Gasteiger partial charge on any atom is -0.493 e. The molecule has 1 aromatic carbocycles. The molecule has 3 rings (SSSR count). The number of ether oxygens (including phenoxy) is 2. The average molecular weight is 304 g/mol. The van der Waals surface area contributed by atoms with Crippen LogP contribution < -0.4 is 10.1 Å². The molecule has 3 atom stereocenters. The highest BCUT2D eigenvalue weighted by atomic mass is 16.5. The lowest BCUT2D eigenvalue weighted by Gasteiger charge is -2.36. The Hall–Kier alpha value is -1.75. The van der Waals surface area contributed by atoms with Gasteiger partial charge in [-0.15, -0.1) is 0 Å². The lowest BCUT2D eigenvalue weighted by Crippen LogP contribution is -2.54. The molecule has 0 saturated carbocycles. The Morgan fingerprint density at radius 1 is 1.41 bits per heavy atom. The van der Waals surface area contributed by atoms with Crippen LogP contribution in [0.3, 0.4) is 0 Å². The summed E-state index contributed by atoms with van der Waals surface area (Å²) in [5, 5.41) is 3.15. The van der Waals surface area contributed by atoms with Crippen molar-refractivity contribution in [3.63, 3.8) is 0 Å². The monoisotopic (exact) mass is 304 g/mol. The summed E-state index contributed by atoms with van der Waals surface area (Å²) in [4.78, 5) is 14.5. The summed E-state index contributed by atoms with van der Waals surface area (Å²) in [6.45, 7) is 6.68. The second kappa shape index (κ2) is 6.57. The van der Waals surface area contributed by atoms with Gasteiger partial charge in [-0.25, -0.2) is 4.79 Å². The van der Waals surface area contributed by atoms with Crippen LogP contribution in [0.5, 0.6) is 5.75 Å². The molecule has 2 aliphatic rings. The second-order valence-corrected chi connectivity index (χ2v) is 6.02. The molecular weight excluding hydrogens is 280 g/mol. The van der Waals surface area contributed by atoms with Gasteiger partial charge in [0, 0.05) is 24.1 Å². The normalized spacial score (nSPS) is 25.3. The number of para-hydroxylation sites is 1. The quantitative estimate of drug-likeness (QED) is 0.933. The first-order valence-electron chi connectivity index (χ1n) is 8.07. The Morgan fingerprint density at radius 2 is 2.23 bits per heavy atom. The third kappa shape index (κ3) is 2.90. The predicted molar refractivity (Wildman–Crippen MR) is 84.3 cm³/mol. The summed E-state index contributed by atoms with van der Waals surface area (Å²) in [5.74, 6) is 1.15. The first kappa shape index (κ1) is 15.2. The molecule has 120 valence electrons. The number of rotatable bonds is 3. The minimum atomic E-state index is 0.00651. The predicted octanol–water partition coefficient (Wildman–Crippen LogP) is 2.37. The Balaban J connectivity index is 1.64. The Morgan fingerprint density at radius 3 is 3.05 bits per heavy atom. The van der Waals surface area contributed by atoms with Crippen LogP contribution in [0.15, 0.2) is 24.3 Å².